The summed E-state index contributed by atoms with van der Waals surface area (Å²) in [5.74, 6) is -1.57. The van der Waals surface area contributed by atoms with Gasteiger partial charge in [-0.25, -0.2) is 9.37 Å². The van der Waals surface area contributed by atoms with Crippen molar-refractivity contribution in [1.82, 2.24) is 10.3 Å². The number of aromatic nitrogens is 1. The number of hydrogen-bond donors (Lipinski definition) is 3. The van der Waals surface area contributed by atoms with Crippen LogP contribution in [-0.2, 0) is 4.79 Å². The highest BCUT2D eigenvalue weighted by atomic mass is 32.1. The standard InChI is InChI=1S/C26H28FN5O3S/c1-15(24(29)34)32(20-13-11-18(27)12-14-20)26-31-23(28)22(36-26)21(33)16-7-9-17(10-8-16)25(35)30-19-5-3-2-4-6-19/h7-15,19H,2-6,28H2,1H3,(H2,29,34)(H,30,35). The van der Waals surface area contributed by atoms with E-state index in [1.54, 1.807) is 31.2 Å². The number of hydrogen-bond acceptors (Lipinski definition) is 7. The highest BCUT2D eigenvalue weighted by Crippen LogP contribution is 2.36. The summed E-state index contributed by atoms with van der Waals surface area (Å²) in [5.41, 5.74) is 12.9. The van der Waals surface area contributed by atoms with Crippen LogP contribution >= 0.6 is 11.3 Å². The predicted octanol–water partition coefficient (Wildman–Crippen LogP) is 4.17. The first kappa shape index (κ1) is 25.3. The fraction of sp³-hybridized carbons (Fsp3) is 0.308. The van der Waals surface area contributed by atoms with Crippen molar-refractivity contribution < 1.29 is 18.8 Å². The van der Waals surface area contributed by atoms with E-state index in [4.69, 9.17) is 11.5 Å². The van der Waals surface area contributed by atoms with E-state index in [9.17, 15) is 18.8 Å². The number of nitrogen functional groups attached to an aromatic ring is 1. The van der Waals surface area contributed by atoms with Gasteiger partial charge in [-0.2, -0.15) is 0 Å². The van der Waals surface area contributed by atoms with E-state index in [-0.39, 0.29) is 33.6 Å². The van der Waals surface area contributed by atoms with Gasteiger partial charge in [0.1, 0.15) is 22.6 Å². The second-order valence-electron chi connectivity index (χ2n) is 8.85. The first-order valence-electron chi connectivity index (χ1n) is 11.8. The summed E-state index contributed by atoms with van der Waals surface area (Å²) < 4.78 is 13.5. The molecule has 2 amide bonds. The molecule has 1 saturated carbocycles. The summed E-state index contributed by atoms with van der Waals surface area (Å²) >= 11 is 1.01. The molecule has 4 rings (SSSR count). The SMILES string of the molecule is CC(C(N)=O)N(c1ccc(F)cc1)c1nc(N)c(C(=O)c2ccc(C(=O)NC3CCCCC3)cc2)s1. The number of nitrogens with zero attached hydrogens (tertiary/aromatic N) is 2. The summed E-state index contributed by atoms with van der Waals surface area (Å²) in [7, 11) is 0. The molecule has 0 bridgehead atoms. The molecule has 8 nitrogen and oxygen atoms in total. The van der Waals surface area contributed by atoms with Gasteiger partial charge in [0.05, 0.1) is 0 Å². The van der Waals surface area contributed by atoms with E-state index in [2.05, 4.69) is 10.3 Å². The van der Waals surface area contributed by atoms with Crippen LogP contribution < -0.4 is 21.7 Å². The summed E-state index contributed by atoms with van der Waals surface area (Å²) in [5, 5.41) is 3.34. The van der Waals surface area contributed by atoms with E-state index in [0.717, 1.165) is 37.0 Å². The molecule has 1 fully saturated rings. The molecule has 188 valence electrons. The Kier molecular flexibility index (Phi) is 7.64. The molecule has 5 N–H and O–H groups in total. The molecule has 0 aliphatic heterocycles. The van der Waals surface area contributed by atoms with Gasteiger partial charge in [-0.15, -0.1) is 0 Å². The molecule has 1 aliphatic carbocycles. The number of nitrogens with two attached hydrogens (primary N) is 2. The van der Waals surface area contributed by atoms with Crippen LogP contribution in [0.5, 0.6) is 0 Å². The molecule has 1 atom stereocenters. The Morgan fingerprint density at radius 2 is 1.64 bits per heavy atom. The average Bonchev–Trinajstić information content (AvgIpc) is 3.26. The van der Waals surface area contributed by atoms with Gasteiger partial charge in [0.2, 0.25) is 11.7 Å². The molecule has 3 aromatic rings. The van der Waals surface area contributed by atoms with E-state index in [0.29, 0.717) is 16.8 Å². The smallest absolute Gasteiger partial charge is 0.251 e. The second-order valence-corrected chi connectivity index (χ2v) is 9.83. The molecule has 0 radical (unpaired) electrons. The molecule has 1 unspecified atom stereocenters. The minimum atomic E-state index is -0.828. The monoisotopic (exact) mass is 509 g/mol. The van der Waals surface area contributed by atoms with Crippen LogP contribution in [-0.4, -0.2) is 34.7 Å². The number of anilines is 3. The van der Waals surface area contributed by atoms with Crippen molar-refractivity contribution >= 4 is 45.6 Å². The lowest BCUT2D eigenvalue weighted by Gasteiger charge is -2.26. The zero-order chi connectivity index (χ0) is 25.8. The fourth-order valence-electron chi connectivity index (χ4n) is 4.23. The number of primary amides is 1. The largest absolute Gasteiger partial charge is 0.382 e. The molecule has 1 aliphatic rings. The third kappa shape index (κ3) is 5.54. The Hall–Kier alpha value is -3.79. The number of nitrogens with one attached hydrogen (secondary N) is 1. The van der Waals surface area contributed by atoms with Crippen LogP contribution in [0.25, 0.3) is 0 Å². The van der Waals surface area contributed by atoms with E-state index in [1.165, 1.54) is 35.6 Å². The summed E-state index contributed by atoms with van der Waals surface area (Å²) in [4.78, 5) is 43.8. The lowest BCUT2D eigenvalue weighted by molar-refractivity contribution is -0.118. The van der Waals surface area contributed by atoms with Crippen LogP contribution in [0.4, 0.5) is 21.0 Å². The molecule has 10 heteroatoms. The van der Waals surface area contributed by atoms with Gasteiger partial charge in [-0.05, 0) is 56.2 Å². The number of carbonyl (C=O) groups excluding carboxylic acids is 3. The predicted molar refractivity (Wildman–Crippen MR) is 138 cm³/mol. The second kappa shape index (κ2) is 10.9. The summed E-state index contributed by atoms with van der Waals surface area (Å²) in [6, 6.07) is 11.3. The van der Waals surface area contributed by atoms with Gasteiger partial charge in [-0.1, -0.05) is 42.7 Å². The van der Waals surface area contributed by atoms with Crippen molar-refractivity contribution in [2.45, 2.75) is 51.1 Å². The number of amides is 2. The van der Waals surface area contributed by atoms with Gasteiger partial charge in [0, 0.05) is 22.9 Å². The minimum Gasteiger partial charge on any atom is -0.382 e. The number of ketones is 1. The number of thiazole rings is 1. The maximum atomic E-state index is 13.5. The number of benzene rings is 2. The first-order chi connectivity index (χ1) is 17.2. The quantitative estimate of drug-likeness (QED) is 0.391. The molecular formula is C26H28FN5O3S. The third-order valence-corrected chi connectivity index (χ3v) is 7.38. The van der Waals surface area contributed by atoms with Gasteiger partial charge < -0.3 is 21.7 Å². The molecule has 36 heavy (non-hydrogen) atoms. The maximum Gasteiger partial charge on any atom is 0.251 e. The van der Waals surface area contributed by atoms with Crippen LogP contribution in [0.15, 0.2) is 48.5 Å². The van der Waals surface area contributed by atoms with Gasteiger partial charge in [0.15, 0.2) is 5.13 Å². The molecule has 2 aromatic carbocycles. The number of rotatable bonds is 8. The van der Waals surface area contributed by atoms with E-state index < -0.39 is 17.8 Å². The third-order valence-electron chi connectivity index (χ3n) is 6.31. The number of carbonyl (C=O) groups is 3. The lowest BCUT2D eigenvalue weighted by atomic mass is 9.95. The minimum absolute atomic E-state index is 0.00269. The topological polar surface area (TPSA) is 131 Å². The molecule has 0 saturated heterocycles. The Balaban J connectivity index is 1.55. The normalized spacial score (nSPS) is 14.7. The highest BCUT2D eigenvalue weighted by molar-refractivity contribution is 7.18. The van der Waals surface area contributed by atoms with Gasteiger partial charge in [-0.3, -0.25) is 14.4 Å². The number of halogens is 1. The Morgan fingerprint density at radius 3 is 2.25 bits per heavy atom. The van der Waals surface area contributed by atoms with Gasteiger partial charge >= 0.3 is 0 Å². The average molecular weight is 510 g/mol. The Bertz CT molecular complexity index is 1250. The Labute approximate surface area is 212 Å². The molecule has 1 heterocycles. The molecular weight excluding hydrogens is 481 g/mol. The van der Waals surface area contributed by atoms with Crippen molar-refractivity contribution in [2.75, 3.05) is 10.6 Å². The van der Waals surface area contributed by atoms with Crippen LogP contribution in [0.3, 0.4) is 0 Å². The first-order valence-corrected chi connectivity index (χ1v) is 12.6. The van der Waals surface area contributed by atoms with Crippen molar-refractivity contribution in [1.29, 1.82) is 0 Å². The molecule has 1 aromatic heterocycles. The van der Waals surface area contributed by atoms with Crippen molar-refractivity contribution in [3.63, 3.8) is 0 Å². The summed E-state index contributed by atoms with van der Waals surface area (Å²) in [6.45, 7) is 1.59. The van der Waals surface area contributed by atoms with Crippen LogP contribution in [0.2, 0.25) is 0 Å². The lowest BCUT2D eigenvalue weighted by Crippen LogP contribution is -2.39. The van der Waals surface area contributed by atoms with Crippen molar-refractivity contribution in [3.8, 4) is 0 Å². The van der Waals surface area contributed by atoms with Crippen LogP contribution in [0.1, 0.15) is 64.6 Å². The zero-order valence-electron chi connectivity index (χ0n) is 19.9. The Morgan fingerprint density at radius 1 is 1.03 bits per heavy atom. The molecule has 0 spiro atoms. The van der Waals surface area contributed by atoms with Gasteiger partial charge in [0.25, 0.3) is 5.91 Å². The maximum absolute atomic E-state index is 13.5. The van der Waals surface area contributed by atoms with Crippen LogP contribution in [0, 0.1) is 5.82 Å². The highest BCUT2D eigenvalue weighted by Gasteiger charge is 2.27. The van der Waals surface area contributed by atoms with Crippen molar-refractivity contribution in [3.05, 3.63) is 70.4 Å². The van der Waals surface area contributed by atoms with E-state index in [1.807, 2.05) is 0 Å². The summed E-state index contributed by atoms with van der Waals surface area (Å²) in [6.07, 6.45) is 5.41. The fourth-order valence-corrected chi connectivity index (χ4v) is 5.28. The van der Waals surface area contributed by atoms with Crippen molar-refractivity contribution in [2.24, 2.45) is 5.73 Å². The van der Waals surface area contributed by atoms with E-state index >= 15 is 0 Å². The zero-order valence-corrected chi connectivity index (χ0v) is 20.7.